The normalized spacial score (nSPS) is 9.75. The number of ketones is 1. The number of nitrogens with one attached hydrogen (secondary N) is 1. The maximum absolute atomic E-state index is 11.1. The third kappa shape index (κ3) is 1.37. The van der Waals surface area contributed by atoms with Gasteiger partial charge in [-0.05, 0) is 6.07 Å². The van der Waals surface area contributed by atoms with Gasteiger partial charge >= 0.3 is 0 Å². The summed E-state index contributed by atoms with van der Waals surface area (Å²) in [7, 11) is 0. The van der Waals surface area contributed by atoms with Gasteiger partial charge in [-0.3, -0.25) is 9.59 Å². The van der Waals surface area contributed by atoms with E-state index in [1.807, 2.05) is 0 Å². The highest BCUT2D eigenvalue weighted by molar-refractivity contribution is 5.97. The molecule has 0 saturated carbocycles. The number of Topliss-reactive ketones (excluding diaryl/α,β-unsaturated/α-hetero) is 1. The summed E-state index contributed by atoms with van der Waals surface area (Å²) in [6.07, 6.45) is 1.50. The van der Waals surface area contributed by atoms with Crippen LogP contribution in [0.5, 0.6) is 5.75 Å². The number of pyridine rings is 1. The first-order valence-corrected chi connectivity index (χ1v) is 3.60. The standard InChI is InChI=1S/C8H9NO3/c1-2-5(10)7-6(11)3-4-9-8(7)12/h3-4H,2H2,1H3,(H2,9,11,12). The van der Waals surface area contributed by atoms with Gasteiger partial charge in [0.25, 0.3) is 5.56 Å². The second-order valence-corrected chi connectivity index (χ2v) is 2.34. The number of aromatic nitrogens is 1. The summed E-state index contributed by atoms with van der Waals surface area (Å²) in [4.78, 5) is 24.4. The zero-order valence-corrected chi connectivity index (χ0v) is 6.63. The highest BCUT2D eigenvalue weighted by Gasteiger charge is 2.12. The zero-order chi connectivity index (χ0) is 9.14. The lowest BCUT2D eigenvalue weighted by Crippen LogP contribution is -2.16. The van der Waals surface area contributed by atoms with E-state index in [1.165, 1.54) is 12.3 Å². The van der Waals surface area contributed by atoms with E-state index in [-0.39, 0.29) is 23.5 Å². The molecular formula is C8H9NO3. The van der Waals surface area contributed by atoms with Crippen LogP contribution in [0.25, 0.3) is 0 Å². The van der Waals surface area contributed by atoms with Crippen LogP contribution in [0.1, 0.15) is 23.7 Å². The van der Waals surface area contributed by atoms with E-state index in [1.54, 1.807) is 6.92 Å². The van der Waals surface area contributed by atoms with Gasteiger partial charge in [0.2, 0.25) is 0 Å². The second-order valence-electron chi connectivity index (χ2n) is 2.34. The Morgan fingerprint density at radius 1 is 1.67 bits per heavy atom. The van der Waals surface area contributed by atoms with E-state index < -0.39 is 5.56 Å². The first-order chi connectivity index (χ1) is 5.66. The highest BCUT2D eigenvalue weighted by Crippen LogP contribution is 2.11. The molecule has 4 heteroatoms. The summed E-state index contributed by atoms with van der Waals surface area (Å²) in [6, 6.07) is 1.28. The topological polar surface area (TPSA) is 70.2 Å². The Hall–Kier alpha value is -1.58. The van der Waals surface area contributed by atoms with Crippen LogP contribution < -0.4 is 5.56 Å². The van der Waals surface area contributed by atoms with Crippen LogP contribution in [0.2, 0.25) is 0 Å². The van der Waals surface area contributed by atoms with E-state index in [9.17, 15) is 9.59 Å². The summed E-state index contributed by atoms with van der Waals surface area (Å²) < 4.78 is 0. The van der Waals surface area contributed by atoms with Crippen LogP contribution in [-0.2, 0) is 0 Å². The van der Waals surface area contributed by atoms with Crippen LogP contribution in [-0.4, -0.2) is 15.9 Å². The van der Waals surface area contributed by atoms with Gasteiger partial charge in [-0.15, -0.1) is 0 Å². The van der Waals surface area contributed by atoms with Gasteiger partial charge in [0, 0.05) is 12.6 Å². The van der Waals surface area contributed by atoms with Crippen molar-refractivity contribution in [2.75, 3.05) is 0 Å². The molecule has 0 unspecified atom stereocenters. The van der Waals surface area contributed by atoms with Crippen molar-refractivity contribution in [2.45, 2.75) is 13.3 Å². The molecule has 0 aliphatic heterocycles. The van der Waals surface area contributed by atoms with E-state index in [4.69, 9.17) is 5.11 Å². The fourth-order valence-electron chi connectivity index (χ4n) is 0.914. The zero-order valence-electron chi connectivity index (χ0n) is 6.63. The van der Waals surface area contributed by atoms with Crippen molar-refractivity contribution >= 4 is 5.78 Å². The summed E-state index contributed by atoms with van der Waals surface area (Å²) in [5.74, 6) is -0.611. The number of carbonyl (C=O) groups excluding carboxylic acids is 1. The maximum atomic E-state index is 11.1. The fourth-order valence-corrected chi connectivity index (χ4v) is 0.914. The molecule has 0 aromatic carbocycles. The van der Waals surface area contributed by atoms with Crippen molar-refractivity contribution in [1.82, 2.24) is 4.98 Å². The molecule has 0 bridgehead atoms. The molecule has 4 nitrogen and oxygen atoms in total. The Balaban J connectivity index is 3.31. The number of carbonyl (C=O) groups is 1. The number of H-pyrrole nitrogens is 1. The van der Waals surface area contributed by atoms with Crippen molar-refractivity contribution in [3.05, 3.63) is 28.2 Å². The van der Waals surface area contributed by atoms with Crippen molar-refractivity contribution in [1.29, 1.82) is 0 Å². The lowest BCUT2D eigenvalue weighted by atomic mass is 10.1. The SMILES string of the molecule is CCC(=O)c1c(O)cc[nH]c1=O. The van der Waals surface area contributed by atoms with E-state index in [0.717, 1.165) is 0 Å². The number of hydrogen-bond donors (Lipinski definition) is 2. The molecule has 0 aliphatic carbocycles. The van der Waals surface area contributed by atoms with Crippen molar-refractivity contribution in [3.8, 4) is 5.75 Å². The fraction of sp³-hybridized carbons (Fsp3) is 0.250. The average molecular weight is 167 g/mol. The summed E-state index contributed by atoms with van der Waals surface area (Å²) in [5.41, 5.74) is -0.693. The lowest BCUT2D eigenvalue weighted by Gasteiger charge is -1.98. The summed E-state index contributed by atoms with van der Waals surface area (Å²) in [6.45, 7) is 1.63. The smallest absolute Gasteiger partial charge is 0.262 e. The van der Waals surface area contributed by atoms with Crippen LogP contribution in [0, 0.1) is 0 Å². The molecule has 64 valence electrons. The van der Waals surface area contributed by atoms with Crippen LogP contribution in [0.15, 0.2) is 17.1 Å². The second kappa shape index (κ2) is 3.21. The molecule has 1 aromatic rings. The molecule has 12 heavy (non-hydrogen) atoms. The molecule has 0 spiro atoms. The van der Waals surface area contributed by atoms with Gasteiger partial charge < -0.3 is 10.1 Å². The highest BCUT2D eigenvalue weighted by atomic mass is 16.3. The monoisotopic (exact) mass is 167 g/mol. The molecular weight excluding hydrogens is 158 g/mol. The molecule has 1 heterocycles. The van der Waals surface area contributed by atoms with Crippen LogP contribution >= 0.6 is 0 Å². The summed E-state index contributed by atoms with van der Waals surface area (Å²) >= 11 is 0. The quantitative estimate of drug-likeness (QED) is 0.636. The largest absolute Gasteiger partial charge is 0.507 e. The van der Waals surface area contributed by atoms with Gasteiger partial charge in [0.05, 0.1) is 0 Å². The van der Waals surface area contributed by atoms with Crippen molar-refractivity contribution < 1.29 is 9.90 Å². The minimum Gasteiger partial charge on any atom is -0.507 e. The minimum absolute atomic E-state index is 0.153. The molecule has 0 radical (unpaired) electrons. The Kier molecular flexibility index (Phi) is 2.28. The van der Waals surface area contributed by atoms with Gasteiger partial charge in [-0.25, -0.2) is 0 Å². The van der Waals surface area contributed by atoms with Crippen LogP contribution in [0.4, 0.5) is 0 Å². The number of aromatic hydroxyl groups is 1. The van der Waals surface area contributed by atoms with Crippen molar-refractivity contribution in [2.24, 2.45) is 0 Å². The molecule has 2 N–H and O–H groups in total. The predicted octanol–water partition coefficient (Wildman–Crippen LogP) is 0.673. The summed E-state index contributed by atoms with van der Waals surface area (Å²) in [5, 5.41) is 9.15. The lowest BCUT2D eigenvalue weighted by molar-refractivity contribution is 0.0984. The Morgan fingerprint density at radius 2 is 2.33 bits per heavy atom. The number of aromatic amines is 1. The Bertz CT molecular complexity index is 354. The van der Waals surface area contributed by atoms with E-state index >= 15 is 0 Å². The predicted molar refractivity (Wildman–Crippen MR) is 43.3 cm³/mol. The van der Waals surface area contributed by atoms with E-state index in [2.05, 4.69) is 4.98 Å². The average Bonchev–Trinajstić information content (AvgIpc) is 2.03. The number of rotatable bonds is 2. The van der Waals surface area contributed by atoms with Crippen molar-refractivity contribution in [3.63, 3.8) is 0 Å². The van der Waals surface area contributed by atoms with Gasteiger partial charge in [-0.2, -0.15) is 0 Å². The first kappa shape index (κ1) is 8.52. The van der Waals surface area contributed by atoms with Gasteiger partial charge in [0.1, 0.15) is 11.3 Å². The third-order valence-electron chi connectivity index (χ3n) is 1.54. The minimum atomic E-state index is -0.540. The Morgan fingerprint density at radius 3 is 2.83 bits per heavy atom. The molecule has 0 atom stereocenters. The molecule has 0 fully saturated rings. The number of hydrogen-bond acceptors (Lipinski definition) is 3. The van der Waals surface area contributed by atoms with E-state index in [0.29, 0.717) is 0 Å². The Labute approximate surface area is 68.9 Å². The molecule has 1 aromatic heterocycles. The van der Waals surface area contributed by atoms with Crippen LogP contribution in [0.3, 0.4) is 0 Å². The van der Waals surface area contributed by atoms with Gasteiger partial charge in [0.15, 0.2) is 5.78 Å². The molecule has 0 saturated heterocycles. The first-order valence-electron chi connectivity index (χ1n) is 3.60. The molecule has 0 amide bonds. The maximum Gasteiger partial charge on any atom is 0.262 e. The van der Waals surface area contributed by atoms with Gasteiger partial charge in [-0.1, -0.05) is 6.92 Å². The molecule has 0 aliphatic rings. The third-order valence-corrected chi connectivity index (χ3v) is 1.54. The molecule has 1 rings (SSSR count).